The molecule has 1 aliphatic rings. The van der Waals surface area contributed by atoms with Crippen LogP contribution in [0.3, 0.4) is 0 Å². The van der Waals surface area contributed by atoms with Gasteiger partial charge < -0.3 is 14.8 Å². The molecule has 0 saturated carbocycles. The van der Waals surface area contributed by atoms with E-state index in [9.17, 15) is 9.59 Å². The molecule has 3 aromatic heterocycles. The van der Waals surface area contributed by atoms with Crippen LogP contribution in [0.4, 0.5) is 5.95 Å². The number of imidazole rings is 1. The van der Waals surface area contributed by atoms with Crippen LogP contribution >= 0.6 is 11.3 Å². The average Bonchev–Trinajstić information content (AvgIpc) is 3.70. The summed E-state index contributed by atoms with van der Waals surface area (Å²) in [5.41, 5.74) is 3.02. The molecular weight excluding hydrogens is 512 g/mol. The lowest BCUT2D eigenvalue weighted by Gasteiger charge is -2.24. The standard InChI is InChI=1S/C28H34N8O2S/c1-5-24(37)34-12-6-7-20(34)15-35-22-9-8-19(14-29-16-28(2,3)4)13-21(22)32-27(35)33-26(38)23-10-11-25(39-23)36-18-30-17-31-36/h5,8-11,13,17-18,20,29H,1,6-7,12,14-16H2,2-4H3,(H,32,33,38). The topological polar surface area (TPSA) is 110 Å². The SMILES string of the molecule is C=CC(=O)N1CCCC1Cn1c(NC(=O)c2ccc(-n3cncn3)s2)nc2cc(CNCC(C)(C)C)ccc21. The quantitative estimate of drug-likeness (QED) is 0.304. The second kappa shape index (κ2) is 11.1. The van der Waals surface area contributed by atoms with Gasteiger partial charge in [-0.3, -0.25) is 14.9 Å². The molecule has 1 fully saturated rings. The van der Waals surface area contributed by atoms with Gasteiger partial charge >= 0.3 is 0 Å². The van der Waals surface area contributed by atoms with Crippen LogP contribution in [0.2, 0.25) is 0 Å². The third kappa shape index (κ3) is 6.10. The molecule has 39 heavy (non-hydrogen) atoms. The molecule has 1 unspecified atom stereocenters. The first-order valence-corrected chi connectivity index (χ1v) is 13.9. The Balaban J connectivity index is 1.43. The first-order chi connectivity index (χ1) is 18.7. The van der Waals surface area contributed by atoms with E-state index in [1.54, 1.807) is 17.1 Å². The summed E-state index contributed by atoms with van der Waals surface area (Å²) < 4.78 is 3.64. The smallest absolute Gasteiger partial charge is 0.268 e. The molecule has 1 saturated heterocycles. The zero-order chi connectivity index (χ0) is 27.6. The number of benzene rings is 1. The van der Waals surface area contributed by atoms with Gasteiger partial charge in [0, 0.05) is 26.2 Å². The molecule has 0 spiro atoms. The largest absolute Gasteiger partial charge is 0.334 e. The number of aromatic nitrogens is 5. The number of nitrogens with one attached hydrogen (secondary N) is 2. The Labute approximate surface area is 231 Å². The minimum atomic E-state index is -0.250. The van der Waals surface area contributed by atoms with Crippen molar-refractivity contribution in [1.29, 1.82) is 0 Å². The lowest BCUT2D eigenvalue weighted by Crippen LogP contribution is -2.37. The van der Waals surface area contributed by atoms with Crippen LogP contribution in [0.1, 0.15) is 48.8 Å². The molecule has 0 radical (unpaired) electrons. The molecule has 11 heteroatoms. The van der Waals surface area contributed by atoms with Crippen LogP contribution in [0.25, 0.3) is 16.0 Å². The van der Waals surface area contributed by atoms with E-state index in [2.05, 4.69) is 66.3 Å². The Morgan fingerprint density at radius 2 is 2.08 bits per heavy atom. The van der Waals surface area contributed by atoms with Gasteiger partial charge in [0.2, 0.25) is 11.9 Å². The number of amides is 2. The maximum absolute atomic E-state index is 13.3. The Morgan fingerprint density at radius 3 is 2.82 bits per heavy atom. The van der Waals surface area contributed by atoms with Gasteiger partial charge in [0.05, 0.1) is 22.0 Å². The number of carbonyl (C=O) groups is 2. The highest BCUT2D eigenvalue weighted by molar-refractivity contribution is 7.16. The van der Waals surface area contributed by atoms with E-state index >= 15 is 0 Å². The number of hydrogen-bond acceptors (Lipinski definition) is 7. The van der Waals surface area contributed by atoms with Crippen molar-refractivity contribution in [3.8, 4) is 5.00 Å². The predicted octanol–water partition coefficient (Wildman–Crippen LogP) is 4.24. The van der Waals surface area contributed by atoms with Crippen molar-refractivity contribution in [2.75, 3.05) is 18.4 Å². The van der Waals surface area contributed by atoms with Crippen molar-refractivity contribution in [3.63, 3.8) is 0 Å². The van der Waals surface area contributed by atoms with Crippen LogP contribution in [-0.4, -0.2) is 60.2 Å². The highest BCUT2D eigenvalue weighted by atomic mass is 32.1. The summed E-state index contributed by atoms with van der Waals surface area (Å²) >= 11 is 1.32. The van der Waals surface area contributed by atoms with E-state index < -0.39 is 0 Å². The summed E-state index contributed by atoms with van der Waals surface area (Å²) in [6.07, 6.45) is 6.24. The second-order valence-electron chi connectivity index (χ2n) is 11.0. The van der Waals surface area contributed by atoms with Crippen molar-refractivity contribution in [1.82, 2.24) is 34.5 Å². The molecule has 4 aromatic rings. The van der Waals surface area contributed by atoms with E-state index in [0.717, 1.165) is 47.5 Å². The van der Waals surface area contributed by atoms with E-state index in [1.165, 1.54) is 23.7 Å². The number of likely N-dealkylation sites (tertiary alicyclic amines) is 1. The summed E-state index contributed by atoms with van der Waals surface area (Å²) in [5.74, 6) is 0.141. The molecule has 2 N–H and O–H groups in total. The minimum Gasteiger partial charge on any atom is -0.334 e. The molecule has 1 aliphatic heterocycles. The minimum absolute atomic E-state index is 0.00247. The Morgan fingerprint density at radius 1 is 1.23 bits per heavy atom. The normalized spacial score (nSPS) is 15.7. The number of hydrogen-bond donors (Lipinski definition) is 2. The second-order valence-corrected chi connectivity index (χ2v) is 12.1. The Kier molecular flexibility index (Phi) is 7.62. The van der Waals surface area contributed by atoms with Crippen molar-refractivity contribution >= 4 is 40.1 Å². The van der Waals surface area contributed by atoms with E-state index in [4.69, 9.17) is 4.98 Å². The van der Waals surface area contributed by atoms with Gasteiger partial charge in [0.25, 0.3) is 5.91 Å². The molecule has 10 nitrogen and oxygen atoms in total. The summed E-state index contributed by atoms with van der Waals surface area (Å²) in [6, 6.07) is 9.81. The fraction of sp³-hybridized carbons (Fsp3) is 0.393. The molecule has 5 rings (SSSR count). The molecule has 1 atom stereocenters. The van der Waals surface area contributed by atoms with Crippen molar-refractivity contribution in [2.45, 2.75) is 52.7 Å². The number of carbonyl (C=O) groups excluding carboxylic acids is 2. The van der Waals surface area contributed by atoms with Crippen LogP contribution in [0.15, 0.2) is 55.6 Å². The summed E-state index contributed by atoms with van der Waals surface area (Å²) in [5, 5.41) is 11.5. The molecule has 204 valence electrons. The average molecular weight is 547 g/mol. The molecule has 2 amide bonds. The highest BCUT2D eigenvalue weighted by Gasteiger charge is 2.29. The highest BCUT2D eigenvalue weighted by Crippen LogP contribution is 2.28. The zero-order valence-electron chi connectivity index (χ0n) is 22.6. The number of fused-ring (bicyclic) bond motifs is 1. The summed E-state index contributed by atoms with van der Waals surface area (Å²) in [4.78, 5) is 37.0. The van der Waals surface area contributed by atoms with E-state index in [1.807, 2.05) is 15.5 Å². The third-order valence-electron chi connectivity index (χ3n) is 6.71. The van der Waals surface area contributed by atoms with E-state index in [0.29, 0.717) is 23.9 Å². The van der Waals surface area contributed by atoms with Gasteiger partial charge in [-0.25, -0.2) is 14.6 Å². The number of rotatable bonds is 9. The Bertz CT molecular complexity index is 1480. The Hall–Kier alpha value is -3.83. The fourth-order valence-corrected chi connectivity index (χ4v) is 5.68. The van der Waals surface area contributed by atoms with Crippen LogP contribution in [0.5, 0.6) is 0 Å². The van der Waals surface area contributed by atoms with E-state index in [-0.39, 0.29) is 23.3 Å². The lowest BCUT2D eigenvalue weighted by atomic mass is 9.97. The molecule has 1 aromatic carbocycles. The fourth-order valence-electron chi connectivity index (χ4n) is 4.85. The lowest BCUT2D eigenvalue weighted by molar-refractivity contribution is -0.126. The molecular formula is C28H34N8O2S. The van der Waals surface area contributed by atoms with Gasteiger partial charge in [0.15, 0.2) is 0 Å². The van der Waals surface area contributed by atoms with Crippen molar-refractivity contribution in [3.05, 3.63) is 66.1 Å². The third-order valence-corrected chi connectivity index (χ3v) is 7.78. The maximum Gasteiger partial charge on any atom is 0.268 e. The first-order valence-electron chi connectivity index (χ1n) is 13.1. The molecule has 4 heterocycles. The van der Waals surface area contributed by atoms with Gasteiger partial charge in [-0.1, -0.05) is 33.4 Å². The van der Waals surface area contributed by atoms with Crippen LogP contribution < -0.4 is 10.6 Å². The first kappa shape index (κ1) is 26.8. The molecule has 0 aliphatic carbocycles. The van der Waals surface area contributed by atoms with Gasteiger partial charge in [-0.15, -0.1) is 11.3 Å². The van der Waals surface area contributed by atoms with Gasteiger partial charge in [0.1, 0.15) is 17.7 Å². The zero-order valence-corrected chi connectivity index (χ0v) is 23.4. The maximum atomic E-state index is 13.3. The van der Waals surface area contributed by atoms with Crippen molar-refractivity contribution < 1.29 is 9.59 Å². The van der Waals surface area contributed by atoms with Crippen LogP contribution in [-0.2, 0) is 17.9 Å². The number of anilines is 1. The number of thiophene rings is 1. The monoisotopic (exact) mass is 546 g/mol. The van der Waals surface area contributed by atoms with Crippen molar-refractivity contribution in [2.24, 2.45) is 5.41 Å². The molecule has 0 bridgehead atoms. The number of nitrogens with zero attached hydrogens (tertiary/aromatic N) is 6. The summed E-state index contributed by atoms with van der Waals surface area (Å²) in [7, 11) is 0. The van der Waals surface area contributed by atoms with Gasteiger partial charge in [-0.2, -0.15) is 5.10 Å². The summed E-state index contributed by atoms with van der Waals surface area (Å²) in [6.45, 7) is 13.1. The predicted molar refractivity (Wildman–Crippen MR) is 153 cm³/mol. The van der Waals surface area contributed by atoms with Crippen LogP contribution in [0, 0.1) is 5.41 Å². The van der Waals surface area contributed by atoms with Gasteiger partial charge in [-0.05, 0) is 54.2 Å².